The molecular weight excluding hydrogens is 198 g/mol. The van der Waals surface area contributed by atoms with Gasteiger partial charge in [0.2, 0.25) is 0 Å². The molecule has 88 valence electrons. The second-order valence-corrected chi connectivity index (χ2v) is 4.72. The summed E-state index contributed by atoms with van der Waals surface area (Å²) in [6, 6.07) is 9.06. The number of hydrogen-bond donors (Lipinski definition) is 1. The Bertz CT molecular complexity index is 320. The number of ether oxygens (including phenoxy) is 1. The van der Waals surface area contributed by atoms with Crippen LogP contribution in [0.15, 0.2) is 24.3 Å². The van der Waals surface area contributed by atoms with Crippen LogP contribution in [0.3, 0.4) is 0 Å². The van der Waals surface area contributed by atoms with Crippen molar-refractivity contribution in [1.82, 2.24) is 5.32 Å². The minimum absolute atomic E-state index is 0.537. The maximum absolute atomic E-state index is 5.57. The molecule has 1 aromatic carbocycles. The zero-order chi connectivity index (χ0) is 11.4. The molecule has 0 saturated carbocycles. The van der Waals surface area contributed by atoms with Gasteiger partial charge in [-0.3, -0.25) is 0 Å². The summed E-state index contributed by atoms with van der Waals surface area (Å²) in [6.45, 7) is 6.36. The van der Waals surface area contributed by atoms with Gasteiger partial charge in [-0.15, -0.1) is 0 Å². The van der Waals surface area contributed by atoms with E-state index in [0.717, 1.165) is 31.2 Å². The molecule has 1 saturated heterocycles. The third-order valence-electron chi connectivity index (χ3n) is 3.11. The number of rotatable bonds is 4. The molecule has 1 aliphatic rings. The van der Waals surface area contributed by atoms with E-state index >= 15 is 0 Å². The molecule has 2 nitrogen and oxygen atoms in total. The van der Waals surface area contributed by atoms with Gasteiger partial charge < -0.3 is 10.1 Å². The largest absolute Gasteiger partial charge is 0.494 e. The molecule has 0 spiro atoms. The van der Waals surface area contributed by atoms with Crippen molar-refractivity contribution in [3.63, 3.8) is 0 Å². The molecule has 1 fully saturated rings. The van der Waals surface area contributed by atoms with Crippen molar-refractivity contribution in [2.75, 3.05) is 13.2 Å². The van der Waals surface area contributed by atoms with E-state index in [1.165, 1.54) is 12.0 Å². The zero-order valence-electron chi connectivity index (χ0n) is 10.2. The highest BCUT2D eigenvalue weighted by Gasteiger charge is 2.21. The molecular formula is C14H21NO. The molecule has 0 amide bonds. The van der Waals surface area contributed by atoms with Gasteiger partial charge in [0.25, 0.3) is 0 Å². The molecule has 16 heavy (non-hydrogen) atoms. The van der Waals surface area contributed by atoms with E-state index in [0.29, 0.717) is 6.04 Å². The Labute approximate surface area is 98.0 Å². The Morgan fingerprint density at radius 1 is 1.31 bits per heavy atom. The third kappa shape index (κ3) is 2.76. The summed E-state index contributed by atoms with van der Waals surface area (Å²) in [5, 5.41) is 3.54. The van der Waals surface area contributed by atoms with Crippen LogP contribution < -0.4 is 10.1 Å². The molecule has 1 N–H and O–H groups in total. The van der Waals surface area contributed by atoms with Gasteiger partial charge in [0.1, 0.15) is 5.75 Å². The highest BCUT2D eigenvalue weighted by Crippen LogP contribution is 2.27. The van der Waals surface area contributed by atoms with Crippen LogP contribution in [-0.2, 0) is 0 Å². The predicted molar refractivity (Wildman–Crippen MR) is 66.8 cm³/mol. The van der Waals surface area contributed by atoms with Crippen molar-refractivity contribution >= 4 is 0 Å². The van der Waals surface area contributed by atoms with Crippen molar-refractivity contribution in [1.29, 1.82) is 0 Å². The molecule has 0 unspecified atom stereocenters. The Morgan fingerprint density at radius 2 is 2.06 bits per heavy atom. The molecule has 2 atom stereocenters. The Morgan fingerprint density at radius 3 is 2.62 bits per heavy atom. The van der Waals surface area contributed by atoms with Crippen LogP contribution in [0, 0.1) is 5.92 Å². The smallest absolute Gasteiger partial charge is 0.119 e. The molecule has 0 radical (unpaired) electrons. The van der Waals surface area contributed by atoms with Gasteiger partial charge >= 0.3 is 0 Å². The van der Waals surface area contributed by atoms with Crippen molar-refractivity contribution in [3.05, 3.63) is 29.8 Å². The SMILES string of the molecule is CCCOc1ccc([C@H]2C[C@@H](C)CN2)cc1. The standard InChI is InChI=1S/C14H21NO/c1-3-8-16-13-6-4-12(5-7-13)14-9-11(2)10-15-14/h4-7,11,14-15H,3,8-10H2,1-2H3/t11-,14-/m1/s1. The molecule has 0 bridgehead atoms. The fourth-order valence-electron chi connectivity index (χ4n) is 2.18. The maximum Gasteiger partial charge on any atom is 0.119 e. The third-order valence-corrected chi connectivity index (χ3v) is 3.11. The second-order valence-electron chi connectivity index (χ2n) is 4.72. The van der Waals surface area contributed by atoms with Gasteiger partial charge in [-0.1, -0.05) is 26.0 Å². The average molecular weight is 219 g/mol. The summed E-state index contributed by atoms with van der Waals surface area (Å²) in [5.41, 5.74) is 1.38. The van der Waals surface area contributed by atoms with Crippen molar-refractivity contribution in [3.8, 4) is 5.75 Å². The molecule has 0 aliphatic carbocycles. The summed E-state index contributed by atoms with van der Waals surface area (Å²) in [4.78, 5) is 0. The molecule has 2 rings (SSSR count). The van der Waals surface area contributed by atoms with Gasteiger partial charge in [0.15, 0.2) is 0 Å². The van der Waals surface area contributed by atoms with E-state index in [-0.39, 0.29) is 0 Å². The second kappa shape index (κ2) is 5.35. The average Bonchev–Trinajstić information content (AvgIpc) is 2.74. The van der Waals surface area contributed by atoms with Crippen LogP contribution in [0.5, 0.6) is 5.75 Å². The summed E-state index contributed by atoms with van der Waals surface area (Å²) in [6.07, 6.45) is 2.30. The number of benzene rings is 1. The number of hydrogen-bond acceptors (Lipinski definition) is 2. The Balaban J connectivity index is 1.96. The molecule has 1 aromatic rings. The first kappa shape index (κ1) is 11.5. The lowest BCUT2D eigenvalue weighted by Gasteiger charge is -2.11. The first-order valence-corrected chi connectivity index (χ1v) is 6.25. The van der Waals surface area contributed by atoms with Crippen LogP contribution in [0.1, 0.15) is 38.3 Å². The topological polar surface area (TPSA) is 21.3 Å². The van der Waals surface area contributed by atoms with E-state index < -0.39 is 0 Å². The van der Waals surface area contributed by atoms with Crippen molar-refractivity contribution < 1.29 is 4.74 Å². The van der Waals surface area contributed by atoms with Crippen LogP contribution in [0.2, 0.25) is 0 Å². The summed E-state index contributed by atoms with van der Waals surface area (Å²) in [5.74, 6) is 1.78. The summed E-state index contributed by atoms with van der Waals surface area (Å²) < 4.78 is 5.57. The van der Waals surface area contributed by atoms with E-state index in [1.54, 1.807) is 0 Å². The summed E-state index contributed by atoms with van der Waals surface area (Å²) in [7, 11) is 0. The van der Waals surface area contributed by atoms with E-state index in [2.05, 4.69) is 43.4 Å². The fraction of sp³-hybridized carbons (Fsp3) is 0.571. The van der Waals surface area contributed by atoms with E-state index in [4.69, 9.17) is 4.74 Å². The van der Waals surface area contributed by atoms with Gasteiger partial charge in [0, 0.05) is 6.04 Å². The Hall–Kier alpha value is -1.02. The monoisotopic (exact) mass is 219 g/mol. The van der Waals surface area contributed by atoms with Gasteiger partial charge in [-0.05, 0) is 43.0 Å². The van der Waals surface area contributed by atoms with Crippen LogP contribution in [-0.4, -0.2) is 13.2 Å². The van der Waals surface area contributed by atoms with Crippen LogP contribution in [0.4, 0.5) is 0 Å². The zero-order valence-corrected chi connectivity index (χ0v) is 10.2. The lowest BCUT2D eigenvalue weighted by molar-refractivity contribution is 0.317. The first-order valence-electron chi connectivity index (χ1n) is 6.25. The normalized spacial score (nSPS) is 24.6. The number of nitrogens with one attached hydrogen (secondary N) is 1. The van der Waals surface area contributed by atoms with Gasteiger partial charge in [-0.2, -0.15) is 0 Å². The van der Waals surface area contributed by atoms with Crippen LogP contribution >= 0.6 is 0 Å². The highest BCUT2D eigenvalue weighted by molar-refractivity contribution is 5.29. The van der Waals surface area contributed by atoms with E-state index in [1.807, 2.05) is 0 Å². The molecule has 2 heteroatoms. The van der Waals surface area contributed by atoms with Gasteiger partial charge in [0.05, 0.1) is 6.61 Å². The maximum atomic E-state index is 5.57. The summed E-state index contributed by atoms with van der Waals surface area (Å²) >= 11 is 0. The van der Waals surface area contributed by atoms with Crippen LogP contribution in [0.25, 0.3) is 0 Å². The molecule has 1 aliphatic heterocycles. The van der Waals surface area contributed by atoms with E-state index in [9.17, 15) is 0 Å². The molecule has 1 heterocycles. The lowest BCUT2D eigenvalue weighted by Crippen LogP contribution is -2.13. The van der Waals surface area contributed by atoms with Crippen molar-refractivity contribution in [2.45, 2.75) is 32.7 Å². The minimum Gasteiger partial charge on any atom is -0.494 e. The molecule has 0 aromatic heterocycles. The highest BCUT2D eigenvalue weighted by atomic mass is 16.5. The fourth-order valence-corrected chi connectivity index (χ4v) is 2.18. The predicted octanol–water partition coefficient (Wildman–Crippen LogP) is 3.15. The first-order chi connectivity index (χ1) is 7.79. The Kier molecular flexibility index (Phi) is 3.83. The quantitative estimate of drug-likeness (QED) is 0.840. The minimum atomic E-state index is 0.537. The van der Waals surface area contributed by atoms with Gasteiger partial charge in [-0.25, -0.2) is 0 Å². The lowest BCUT2D eigenvalue weighted by atomic mass is 10.0. The van der Waals surface area contributed by atoms with Crippen molar-refractivity contribution in [2.24, 2.45) is 5.92 Å².